The van der Waals surface area contributed by atoms with Crippen LogP contribution < -0.4 is 11.0 Å². The van der Waals surface area contributed by atoms with E-state index in [0.29, 0.717) is 27.8 Å². The predicted octanol–water partition coefficient (Wildman–Crippen LogP) is 3.62. The van der Waals surface area contributed by atoms with Gasteiger partial charge in [-0.3, -0.25) is 9.78 Å². The Kier molecular flexibility index (Phi) is 4.04. The van der Waals surface area contributed by atoms with Crippen LogP contribution in [0.5, 0.6) is 0 Å². The molecular formula is C20H15FN4O2. The number of rotatable bonds is 3. The smallest absolute Gasteiger partial charge is 0.322 e. The van der Waals surface area contributed by atoms with Gasteiger partial charge < -0.3 is 15.3 Å². The van der Waals surface area contributed by atoms with Crippen molar-refractivity contribution in [1.29, 1.82) is 0 Å². The van der Waals surface area contributed by atoms with Gasteiger partial charge in [0.15, 0.2) is 0 Å². The molecule has 0 saturated carbocycles. The Labute approximate surface area is 153 Å². The van der Waals surface area contributed by atoms with Crippen molar-refractivity contribution in [3.63, 3.8) is 0 Å². The molecule has 2 aromatic carbocycles. The predicted molar refractivity (Wildman–Crippen MR) is 101 cm³/mol. The summed E-state index contributed by atoms with van der Waals surface area (Å²) in [4.78, 5) is 33.1. The number of hydrogen-bond donors (Lipinski definition) is 3. The van der Waals surface area contributed by atoms with Crippen LogP contribution in [0.2, 0.25) is 0 Å². The number of fused-ring (bicyclic) bond motifs is 1. The molecule has 4 rings (SSSR count). The molecule has 0 fully saturated rings. The second kappa shape index (κ2) is 6.53. The molecule has 7 heteroatoms. The fourth-order valence-electron chi connectivity index (χ4n) is 2.87. The topological polar surface area (TPSA) is 90.6 Å². The van der Waals surface area contributed by atoms with Gasteiger partial charge in [-0.25, -0.2) is 9.18 Å². The summed E-state index contributed by atoms with van der Waals surface area (Å²) < 4.78 is 13.4. The molecule has 0 bridgehead atoms. The summed E-state index contributed by atoms with van der Waals surface area (Å²) in [5.74, 6) is -0.732. The SMILES string of the molecule is Cc1ccc(-c2cncc(F)c2)cc1NC(=O)c1ccc2[nH]c(=O)[nH]c2c1. The minimum absolute atomic E-state index is 0.309. The molecular weight excluding hydrogens is 347 g/mol. The van der Waals surface area contributed by atoms with E-state index in [2.05, 4.69) is 20.3 Å². The van der Waals surface area contributed by atoms with Crippen molar-refractivity contribution in [2.75, 3.05) is 5.32 Å². The molecule has 6 nitrogen and oxygen atoms in total. The van der Waals surface area contributed by atoms with E-state index in [4.69, 9.17) is 0 Å². The summed E-state index contributed by atoms with van der Waals surface area (Å²) in [6.45, 7) is 1.87. The fraction of sp³-hybridized carbons (Fsp3) is 0.0500. The molecule has 0 aliphatic rings. The van der Waals surface area contributed by atoms with E-state index in [1.165, 1.54) is 6.07 Å². The van der Waals surface area contributed by atoms with E-state index >= 15 is 0 Å². The highest BCUT2D eigenvalue weighted by Gasteiger charge is 2.11. The molecule has 0 aliphatic carbocycles. The molecule has 0 radical (unpaired) electrons. The lowest BCUT2D eigenvalue weighted by Gasteiger charge is -2.11. The van der Waals surface area contributed by atoms with Crippen LogP contribution in [0.15, 0.2) is 59.7 Å². The van der Waals surface area contributed by atoms with Gasteiger partial charge in [0.25, 0.3) is 5.91 Å². The van der Waals surface area contributed by atoms with Gasteiger partial charge in [0.05, 0.1) is 17.2 Å². The Hall–Kier alpha value is -3.74. The van der Waals surface area contributed by atoms with E-state index < -0.39 is 5.82 Å². The summed E-state index contributed by atoms with van der Waals surface area (Å²) in [7, 11) is 0. The lowest BCUT2D eigenvalue weighted by molar-refractivity contribution is 0.102. The van der Waals surface area contributed by atoms with Crippen molar-refractivity contribution in [3.8, 4) is 11.1 Å². The first-order valence-corrected chi connectivity index (χ1v) is 8.24. The average molecular weight is 362 g/mol. The normalized spacial score (nSPS) is 10.9. The Morgan fingerprint density at radius 2 is 1.81 bits per heavy atom. The zero-order valence-electron chi connectivity index (χ0n) is 14.3. The number of aryl methyl sites for hydroxylation is 1. The monoisotopic (exact) mass is 362 g/mol. The summed E-state index contributed by atoms with van der Waals surface area (Å²) in [6, 6.07) is 11.8. The number of halogens is 1. The highest BCUT2D eigenvalue weighted by Crippen LogP contribution is 2.26. The summed E-state index contributed by atoms with van der Waals surface area (Å²) >= 11 is 0. The maximum atomic E-state index is 13.4. The lowest BCUT2D eigenvalue weighted by Crippen LogP contribution is -2.12. The second-order valence-electron chi connectivity index (χ2n) is 6.22. The number of nitrogens with one attached hydrogen (secondary N) is 3. The van der Waals surface area contributed by atoms with Gasteiger partial charge in [-0.1, -0.05) is 12.1 Å². The van der Waals surface area contributed by atoms with Gasteiger partial charge in [0, 0.05) is 23.0 Å². The van der Waals surface area contributed by atoms with Crippen molar-refractivity contribution in [3.05, 3.63) is 82.3 Å². The quantitative estimate of drug-likeness (QED) is 0.520. The number of anilines is 1. The molecule has 2 aromatic heterocycles. The van der Waals surface area contributed by atoms with E-state index in [9.17, 15) is 14.0 Å². The van der Waals surface area contributed by atoms with Crippen molar-refractivity contribution in [2.45, 2.75) is 6.92 Å². The minimum atomic E-state index is -0.424. The molecule has 3 N–H and O–H groups in total. The Morgan fingerprint density at radius 3 is 2.63 bits per heavy atom. The number of aromatic nitrogens is 3. The van der Waals surface area contributed by atoms with Crippen LogP contribution in [0.3, 0.4) is 0 Å². The number of nitrogens with zero attached hydrogens (tertiary/aromatic N) is 1. The Bertz CT molecular complexity index is 1230. The van der Waals surface area contributed by atoms with Crippen LogP contribution in [0, 0.1) is 12.7 Å². The van der Waals surface area contributed by atoms with Crippen molar-refractivity contribution >= 4 is 22.6 Å². The van der Waals surface area contributed by atoms with Gasteiger partial charge in [0.2, 0.25) is 0 Å². The van der Waals surface area contributed by atoms with Gasteiger partial charge in [-0.15, -0.1) is 0 Å². The van der Waals surface area contributed by atoms with Crippen molar-refractivity contribution in [1.82, 2.24) is 15.0 Å². The van der Waals surface area contributed by atoms with Crippen molar-refractivity contribution < 1.29 is 9.18 Å². The maximum absolute atomic E-state index is 13.4. The van der Waals surface area contributed by atoms with Crippen LogP contribution in [0.25, 0.3) is 22.2 Å². The number of pyridine rings is 1. The third-order valence-electron chi connectivity index (χ3n) is 4.30. The molecule has 2 heterocycles. The van der Waals surface area contributed by atoms with Crippen molar-refractivity contribution in [2.24, 2.45) is 0 Å². The third-order valence-corrected chi connectivity index (χ3v) is 4.30. The minimum Gasteiger partial charge on any atom is -0.322 e. The maximum Gasteiger partial charge on any atom is 0.323 e. The van der Waals surface area contributed by atoms with Crippen LogP contribution in [-0.4, -0.2) is 20.9 Å². The number of imidazole rings is 1. The first kappa shape index (κ1) is 16.7. The van der Waals surface area contributed by atoms with Gasteiger partial charge >= 0.3 is 5.69 Å². The van der Waals surface area contributed by atoms with Gasteiger partial charge in [-0.2, -0.15) is 0 Å². The molecule has 0 saturated heterocycles. The fourth-order valence-corrected chi connectivity index (χ4v) is 2.87. The molecule has 0 unspecified atom stereocenters. The number of H-pyrrole nitrogens is 2. The second-order valence-corrected chi connectivity index (χ2v) is 6.22. The molecule has 0 spiro atoms. The standard InChI is InChI=1S/C20H15FN4O2/c1-11-2-3-12(14-6-15(21)10-22-9-14)7-17(11)23-19(26)13-4-5-16-18(8-13)25-20(27)24-16/h2-10H,1H3,(H,23,26)(H2,24,25,27). The zero-order chi connectivity index (χ0) is 19.0. The largest absolute Gasteiger partial charge is 0.323 e. The first-order chi connectivity index (χ1) is 13.0. The van der Waals surface area contributed by atoms with E-state index in [1.807, 2.05) is 19.1 Å². The number of amides is 1. The summed E-state index contributed by atoms with van der Waals surface area (Å²) in [5.41, 5.74) is 4.13. The molecule has 1 amide bonds. The van der Waals surface area contributed by atoms with Crippen LogP contribution in [-0.2, 0) is 0 Å². The van der Waals surface area contributed by atoms with E-state index in [-0.39, 0.29) is 11.6 Å². The highest BCUT2D eigenvalue weighted by atomic mass is 19.1. The molecule has 0 aliphatic heterocycles. The summed E-state index contributed by atoms with van der Waals surface area (Å²) in [6.07, 6.45) is 2.71. The van der Waals surface area contributed by atoms with Gasteiger partial charge in [-0.05, 0) is 48.4 Å². The number of carbonyl (C=O) groups is 1. The molecule has 134 valence electrons. The first-order valence-electron chi connectivity index (χ1n) is 8.24. The van der Waals surface area contributed by atoms with Crippen LogP contribution in [0.1, 0.15) is 15.9 Å². The molecule has 27 heavy (non-hydrogen) atoms. The van der Waals surface area contributed by atoms with Crippen LogP contribution in [0.4, 0.5) is 10.1 Å². The molecule has 4 aromatic rings. The van der Waals surface area contributed by atoms with E-state index in [0.717, 1.165) is 17.3 Å². The number of hydrogen-bond acceptors (Lipinski definition) is 3. The Morgan fingerprint density at radius 1 is 1.00 bits per heavy atom. The highest BCUT2D eigenvalue weighted by molar-refractivity contribution is 6.06. The lowest BCUT2D eigenvalue weighted by atomic mass is 10.0. The van der Waals surface area contributed by atoms with Gasteiger partial charge in [0.1, 0.15) is 5.82 Å². The van der Waals surface area contributed by atoms with E-state index in [1.54, 1.807) is 30.5 Å². The average Bonchev–Trinajstić information content (AvgIpc) is 3.02. The Balaban J connectivity index is 1.65. The van der Waals surface area contributed by atoms with Crippen LogP contribution >= 0.6 is 0 Å². The zero-order valence-corrected chi connectivity index (χ0v) is 14.3. The molecule has 0 atom stereocenters. The third kappa shape index (κ3) is 3.35. The summed E-state index contributed by atoms with van der Waals surface area (Å²) in [5, 5.41) is 2.87. The number of benzene rings is 2. The number of carbonyl (C=O) groups excluding carboxylic acids is 1. The number of aromatic amines is 2.